The molecule has 2 heterocycles. The molecule has 0 saturated heterocycles. The third-order valence-corrected chi connectivity index (χ3v) is 5.56. The van der Waals surface area contributed by atoms with E-state index in [9.17, 15) is 0 Å². The molecule has 0 aliphatic heterocycles. The summed E-state index contributed by atoms with van der Waals surface area (Å²) in [4.78, 5) is 18.1. The summed E-state index contributed by atoms with van der Waals surface area (Å²) in [5.41, 5.74) is 2.99. The van der Waals surface area contributed by atoms with Gasteiger partial charge in [0.15, 0.2) is 11.6 Å². The third kappa shape index (κ3) is 7.70. The van der Waals surface area contributed by atoms with Gasteiger partial charge in [-0.3, -0.25) is 0 Å². The minimum atomic E-state index is 0.665. The van der Waals surface area contributed by atoms with Crippen molar-refractivity contribution in [2.45, 2.75) is 78.1 Å². The van der Waals surface area contributed by atoms with Crippen LogP contribution in [0, 0.1) is 0 Å². The van der Waals surface area contributed by atoms with Crippen LogP contribution in [-0.2, 0) is 6.42 Å². The normalized spacial score (nSPS) is 10.9. The first-order valence-corrected chi connectivity index (χ1v) is 12.2. The van der Waals surface area contributed by atoms with Crippen molar-refractivity contribution >= 4 is 0 Å². The molecule has 0 aliphatic carbocycles. The highest BCUT2D eigenvalue weighted by Gasteiger charge is 2.06. The first kappa shape index (κ1) is 23.8. The second-order valence-electron chi connectivity index (χ2n) is 8.31. The van der Waals surface area contributed by atoms with E-state index in [-0.39, 0.29) is 0 Å². The van der Waals surface area contributed by atoms with Crippen LogP contribution in [0.5, 0.6) is 5.75 Å². The van der Waals surface area contributed by atoms with Gasteiger partial charge in [0.1, 0.15) is 5.75 Å². The van der Waals surface area contributed by atoms with Crippen molar-refractivity contribution in [1.82, 2.24) is 19.9 Å². The van der Waals surface area contributed by atoms with E-state index in [1.165, 1.54) is 56.9 Å². The molecule has 0 atom stereocenters. The molecule has 0 radical (unpaired) electrons. The number of aromatic nitrogens is 4. The van der Waals surface area contributed by atoms with Crippen LogP contribution in [0.2, 0.25) is 0 Å². The van der Waals surface area contributed by atoms with Crippen molar-refractivity contribution in [3.8, 4) is 28.5 Å². The highest BCUT2D eigenvalue weighted by molar-refractivity contribution is 5.59. The van der Waals surface area contributed by atoms with E-state index in [0.29, 0.717) is 11.6 Å². The topological polar surface area (TPSA) is 60.8 Å². The fraction of sp³-hybridized carbons (Fsp3) is 0.481. The lowest BCUT2D eigenvalue weighted by Crippen LogP contribution is -1.97. The number of unbranched alkanes of at least 4 members (excludes halogenated alkanes) is 7. The maximum Gasteiger partial charge on any atom is 0.162 e. The molecule has 0 bridgehead atoms. The molecule has 0 N–H and O–H groups in total. The smallest absolute Gasteiger partial charge is 0.162 e. The summed E-state index contributed by atoms with van der Waals surface area (Å²) >= 11 is 0. The summed E-state index contributed by atoms with van der Waals surface area (Å²) in [5.74, 6) is 2.24. The molecule has 5 nitrogen and oxygen atoms in total. The van der Waals surface area contributed by atoms with E-state index in [1.54, 1.807) is 12.4 Å². The molecular formula is C27H36N4O. The van der Waals surface area contributed by atoms with Crippen molar-refractivity contribution in [2.24, 2.45) is 0 Å². The standard InChI is InChI=1S/C27H36N4O/c1-3-5-7-9-10-12-22-18-28-27(29-19-22)24-20-30-26(31-21-24)23-13-15-25(16-14-23)32-17-11-8-6-4-2/h13-16,18-21H,3-12,17H2,1-2H3. The van der Waals surface area contributed by atoms with E-state index >= 15 is 0 Å². The molecule has 0 fully saturated rings. The Morgan fingerprint density at radius 1 is 0.594 bits per heavy atom. The van der Waals surface area contributed by atoms with Crippen LogP contribution < -0.4 is 4.74 Å². The average molecular weight is 433 g/mol. The molecule has 5 heteroatoms. The lowest BCUT2D eigenvalue weighted by molar-refractivity contribution is 0.305. The van der Waals surface area contributed by atoms with Gasteiger partial charge < -0.3 is 4.74 Å². The molecule has 0 aliphatic rings. The molecule has 2 aromatic heterocycles. The number of hydrogen-bond acceptors (Lipinski definition) is 5. The van der Waals surface area contributed by atoms with Gasteiger partial charge >= 0.3 is 0 Å². The van der Waals surface area contributed by atoms with Crippen LogP contribution in [0.4, 0.5) is 0 Å². The van der Waals surface area contributed by atoms with Crippen LogP contribution in [0.1, 0.15) is 77.2 Å². The lowest BCUT2D eigenvalue weighted by Gasteiger charge is -2.07. The monoisotopic (exact) mass is 432 g/mol. The van der Waals surface area contributed by atoms with Gasteiger partial charge in [-0.1, -0.05) is 58.8 Å². The van der Waals surface area contributed by atoms with E-state index < -0.39 is 0 Å². The van der Waals surface area contributed by atoms with Crippen molar-refractivity contribution < 1.29 is 4.74 Å². The highest BCUT2D eigenvalue weighted by atomic mass is 16.5. The van der Waals surface area contributed by atoms with Crippen LogP contribution in [0.15, 0.2) is 49.1 Å². The van der Waals surface area contributed by atoms with Crippen molar-refractivity contribution in [3.63, 3.8) is 0 Å². The van der Waals surface area contributed by atoms with Gasteiger partial charge in [-0.05, 0) is 49.1 Å². The fourth-order valence-electron chi connectivity index (χ4n) is 3.58. The SMILES string of the molecule is CCCCCCCc1cnc(-c2cnc(-c3ccc(OCCCCCC)cc3)nc2)nc1. The molecule has 1 aromatic carbocycles. The zero-order valence-electron chi connectivity index (χ0n) is 19.6. The number of rotatable bonds is 14. The number of aryl methyl sites for hydroxylation is 1. The highest BCUT2D eigenvalue weighted by Crippen LogP contribution is 2.21. The molecule has 0 saturated carbocycles. The molecule has 32 heavy (non-hydrogen) atoms. The number of hydrogen-bond donors (Lipinski definition) is 0. The van der Waals surface area contributed by atoms with E-state index in [1.807, 2.05) is 36.7 Å². The Morgan fingerprint density at radius 3 is 1.81 bits per heavy atom. The van der Waals surface area contributed by atoms with Gasteiger partial charge in [0, 0.05) is 30.4 Å². The number of benzene rings is 1. The second kappa shape index (κ2) is 13.6. The Kier molecular flexibility index (Phi) is 10.1. The van der Waals surface area contributed by atoms with Crippen molar-refractivity contribution in [3.05, 3.63) is 54.6 Å². The molecule has 0 spiro atoms. The Bertz CT molecular complexity index is 816. The minimum Gasteiger partial charge on any atom is -0.494 e. The Labute approximate surface area is 192 Å². The average Bonchev–Trinajstić information content (AvgIpc) is 2.85. The summed E-state index contributed by atoms with van der Waals surface area (Å²) in [6.07, 6.45) is 19.7. The molecule has 0 unspecified atom stereocenters. The third-order valence-electron chi connectivity index (χ3n) is 5.56. The summed E-state index contributed by atoms with van der Waals surface area (Å²) in [6, 6.07) is 7.97. The summed E-state index contributed by atoms with van der Waals surface area (Å²) in [5, 5.41) is 0. The molecule has 0 amide bonds. The Hall–Kier alpha value is -2.82. The number of nitrogens with zero attached hydrogens (tertiary/aromatic N) is 4. The molecule has 3 aromatic rings. The van der Waals surface area contributed by atoms with E-state index in [4.69, 9.17) is 4.74 Å². The van der Waals surface area contributed by atoms with Gasteiger partial charge in [0.05, 0.1) is 12.2 Å². The summed E-state index contributed by atoms with van der Waals surface area (Å²) in [6.45, 7) is 5.22. The predicted octanol–water partition coefficient (Wildman–Crippen LogP) is 7.07. The van der Waals surface area contributed by atoms with Gasteiger partial charge in [-0.2, -0.15) is 0 Å². The summed E-state index contributed by atoms with van der Waals surface area (Å²) in [7, 11) is 0. The van der Waals surface area contributed by atoms with Crippen LogP contribution in [-0.4, -0.2) is 26.5 Å². The maximum atomic E-state index is 5.81. The summed E-state index contributed by atoms with van der Waals surface area (Å²) < 4.78 is 5.81. The van der Waals surface area contributed by atoms with Gasteiger partial charge in [0.25, 0.3) is 0 Å². The Morgan fingerprint density at radius 2 is 1.16 bits per heavy atom. The van der Waals surface area contributed by atoms with E-state index in [2.05, 4.69) is 33.8 Å². The van der Waals surface area contributed by atoms with Crippen LogP contribution >= 0.6 is 0 Å². The minimum absolute atomic E-state index is 0.665. The van der Waals surface area contributed by atoms with Crippen LogP contribution in [0.3, 0.4) is 0 Å². The zero-order valence-corrected chi connectivity index (χ0v) is 19.6. The van der Waals surface area contributed by atoms with Crippen molar-refractivity contribution in [2.75, 3.05) is 6.61 Å². The maximum absolute atomic E-state index is 5.81. The van der Waals surface area contributed by atoms with Crippen LogP contribution in [0.25, 0.3) is 22.8 Å². The fourth-order valence-corrected chi connectivity index (χ4v) is 3.58. The molecule has 3 rings (SSSR count). The molecule has 170 valence electrons. The predicted molar refractivity (Wildman–Crippen MR) is 131 cm³/mol. The number of ether oxygens (including phenoxy) is 1. The van der Waals surface area contributed by atoms with Gasteiger partial charge in [0.2, 0.25) is 0 Å². The first-order chi connectivity index (χ1) is 15.8. The Balaban J connectivity index is 1.51. The first-order valence-electron chi connectivity index (χ1n) is 12.2. The second-order valence-corrected chi connectivity index (χ2v) is 8.31. The quantitative estimate of drug-likeness (QED) is 0.255. The zero-order chi connectivity index (χ0) is 22.4. The van der Waals surface area contributed by atoms with Gasteiger partial charge in [-0.15, -0.1) is 0 Å². The lowest BCUT2D eigenvalue weighted by atomic mass is 10.1. The van der Waals surface area contributed by atoms with Gasteiger partial charge in [-0.25, -0.2) is 19.9 Å². The van der Waals surface area contributed by atoms with E-state index in [0.717, 1.165) is 36.3 Å². The molecular weight excluding hydrogens is 396 g/mol. The largest absolute Gasteiger partial charge is 0.494 e. The van der Waals surface area contributed by atoms with Crippen molar-refractivity contribution in [1.29, 1.82) is 0 Å².